The third kappa shape index (κ3) is 4.20. The summed E-state index contributed by atoms with van der Waals surface area (Å²) in [5.41, 5.74) is 1.05. The fourth-order valence-electron chi connectivity index (χ4n) is 3.70. The minimum Gasteiger partial charge on any atom is -0.310 e. The Bertz CT molecular complexity index is 449. The molecule has 1 N–H and O–H groups in total. The molecule has 0 bridgehead atoms. The maximum Gasteiger partial charge on any atom is 0.142 e. The van der Waals surface area contributed by atoms with Crippen LogP contribution in [0.1, 0.15) is 64.0 Å². The molecule has 1 aliphatic rings. The van der Waals surface area contributed by atoms with Crippen LogP contribution in [0, 0.1) is 17.7 Å². The molecule has 1 nitrogen and oxygen atoms in total. The van der Waals surface area contributed by atoms with Crippen LogP contribution in [0.4, 0.5) is 4.39 Å². The lowest BCUT2D eigenvalue weighted by atomic mass is 9.72. The quantitative estimate of drug-likeness (QED) is 0.706. The van der Waals surface area contributed by atoms with Crippen molar-refractivity contribution in [1.29, 1.82) is 0 Å². The van der Waals surface area contributed by atoms with Crippen LogP contribution in [0.2, 0.25) is 5.02 Å². The summed E-state index contributed by atoms with van der Waals surface area (Å²) in [5, 5.41) is 3.87. The number of halogens is 2. The van der Waals surface area contributed by atoms with Crippen molar-refractivity contribution in [2.75, 3.05) is 6.54 Å². The molecule has 1 saturated carbocycles. The Hall–Kier alpha value is -0.600. The summed E-state index contributed by atoms with van der Waals surface area (Å²) >= 11 is 5.84. The Morgan fingerprint density at radius 2 is 2.05 bits per heavy atom. The van der Waals surface area contributed by atoms with Gasteiger partial charge in [-0.25, -0.2) is 4.39 Å². The Morgan fingerprint density at radius 3 is 2.71 bits per heavy atom. The average molecular weight is 312 g/mol. The minimum atomic E-state index is -0.304. The first kappa shape index (κ1) is 16.8. The average Bonchev–Trinajstić information content (AvgIpc) is 2.51. The maximum atomic E-state index is 13.8. The van der Waals surface area contributed by atoms with E-state index in [1.165, 1.54) is 32.1 Å². The van der Waals surface area contributed by atoms with Gasteiger partial charge in [0.05, 0.1) is 5.02 Å². The molecule has 3 unspecified atom stereocenters. The smallest absolute Gasteiger partial charge is 0.142 e. The largest absolute Gasteiger partial charge is 0.310 e. The molecular formula is C18H27ClFN. The van der Waals surface area contributed by atoms with Gasteiger partial charge in [0.2, 0.25) is 0 Å². The first-order chi connectivity index (χ1) is 10.2. The molecule has 1 aromatic carbocycles. The second kappa shape index (κ2) is 8.14. The van der Waals surface area contributed by atoms with Crippen LogP contribution in [0.5, 0.6) is 0 Å². The van der Waals surface area contributed by atoms with E-state index in [0.29, 0.717) is 5.92 Å². The number of rotatable bonds is 6. The highest BCUT2D eigenvalue weighted by Gasteiger charge is 2.31. The lowest BCUT2D eigenvalue weighted by molar-refractivity contribution is 0.175. The predicted molar refractivity (Wildman–Crippen MR) is 88.2 cm³/mol. The monoisotopic (exact) mass is 311 g/mol. The summed E-state index contributed by atoms with van der Waals surface area (Å²) in [7, 11) is 0. The molecule has 0 aromatic heterocycles. The van der Waals surface area contributed by atoms with E-state index in [1.54, 1.807) is 12.1 Å². The summed E-state index contributed by atoms with van der Waals surface area (Å²) in [6.07, 6.45) is 7.48. The number of hydrogen-bond donors (Lipinski definition) is 1. The van der Waals surface area contributed by atoms with Crippen molar-refractivity contribution in [3.05, 3.63) is 34.6 Å². The zero-order valence-corrected chi connectivity index (χ0v) is 13.9. The van der Waals surface area contributed by atoms with Gasteiger partial charge in [-0.2, -0.15) is 0 Å². The second-order valence-electron chi connectivity index (χ2n) is 6.22. The number of hydrogen-bond acceptors (Lipinski definition) is 1. The van der Waals surface area contributed by atoms with E-state index in [2.05, 4.69) is 19.2 Å². The van der Waals surface area contributed by atoms with Crippen LogP contribution in [0.3, 0.4) is 0 Å². The Balaban J connectivity index is 2.25. The van der Waals surface area contributed by atoms with E-state index in [-0.39, 0.29) is 16.9 Å². The number of nitrogens with one attached hydrogen (secondary N) is 1. The zero-order chi connectivity index (χ0) is 15.2. The van der Waals surface area contributed by atoms with E-state index in [0.717, 1.165) is 24.4 Å². The third-order valence-electron chi connectivity index (χ3n) is 4.84. The van der Waals surface area contributed by atoms with Crippen molar-refractivity contribution in [1.82, 2.24) is 5.32 Å². The molecule has 21 heavy (non-hydrogen) atoms. The predicted octanol–water partition coefficient (Wildman–Crippen LogP) is 5.74. The highest BCUT2D eigenvalue weighted by Crippen LogP contribution is 2.40. The van der Waals surface area contributed by atoms with Gasteiger partial charge < -0.3 is 5.32 Å². The van der Waals surface area contributed by atoms with Crippen molar-refractivity contribution in [2.45, 2.75) is 58.4 Å². The third-order valence-corrected chi connectivity index (χ3v) is 5.14. The van der Waals surface area contributed by atoms with Gasteiger partial charge in [-0.15, -0.1) is 0 Å². The molecule has 1 aliphatic carbocycles. The molecule has 2 rings (SSSR count). The van der Waals surface area contributed by atoms with Crippen molar-refractivity contribution < 1.29 is 4.39 Å². The molecule has 0 radical (unpaired) electrons. The first-order valence-electron chi connectivity index (χ1n) is 8.35. The molecule has 0 aliphatic heterocycles. The topological polar surface area (TPSA) is 12.0 Å². The van der Waals surface area contributed by atoms with Crippen LogP contribution in [-0.2, 0) is 0 Å². The SMILES string of the molecule is CCCNC(c1ccc(Cl)c(F)c1)C1CCCCC1CC. The van der Waals surface area contributed by atoms with Crippen LogP contribution in [0.25, 0.3) is 0 Å². The van der Waals surface area contributed by atoms with Crippen LogP contribution < -0.4 is 5.32 Å². The Labute approximate surface area is 133 Å². The summed E-state index contributed by atoms with van der Waals surface area (Å²) in [4.78, 5) is 0. The molecule has 0 saturated heterocycles. The van der Waals surface area contributed by atoms with Gasteiger partial charge in [0, 0.05) is 6.04 Å². The zero-order valence-electron chi connectivity index (χ0n) is 13.2. The van der Waals surface area contributed by atoms with Crippen LogP contribution in [0.15, 0.2) is 18.2 Å². The summed E-state index contributed by atoms with van der Waals surface area (Å²) in [5.74, 6) is 1.05. The molecule has 1 aromatic rings. The Morgan fingerprint density at radius 1 is 1.29 bits per heavy atom. The molecule has 1 fully saturated rings. The lowest BCUT2D eigenvalue weighted by Crippen LogP contribution is -2.35. The van der Waals surface area contributed by atoms with Crippen molar-refractivity contribution in [3.63, 3.8) is 0 Å². The highest BCUT2D eigenvalue weighted by molar-refractivity contribution is 6.30. The molecule has 118 valence electrons. The second-order valence-corrected chi connectivity index (χ2v) is 6.63. The van der Waals surface area contributed by atoms with Crippen molar-refractivity contribution >= 4 is 11.6 Å². The van der Waals surface area contributed by atoms with Crippen molar-refractivity contribution in [2.24, 2.45) is 11.8 Å². The fourth-order valence-corrected chi connectivity index (χ4v) is 3.82. The Kier molecular flexibility index (Phi) is 6.50. The van der Waals surface area contributed by atoms with Gasteiger partial charge in [-0.3, -0.25) is 0 Å². The van der Waals surface area contributed by atoms with Gasteiger partial charge in [0.25, 0.3) is 0 Å². The van der Waals surface area contributed by atoms with Gasteiger partial charge in [-0.05, 0) is 48.9 Å². The van der Waals surface area contributed by atoms with Crippen molar-refractivity contribution in [3.8, 4) is 0 Å². The van der Waals surface area contributed by atoms with Crippen LogP contribution >= 0.6 is 11.6 Å². The van der Waals surface area contributed by atoms with Crippen LogP contribution in [-0.4, -0.2) is 6.54 Å². The van der Waals surface area contributed by atoms with Gasteiger partial charge in [-0.1, -0.05) is 57.2 Å². The summed E-state index contributed by atoms with van der Waals surface area (Å²) in [6, 6.07) is 5.55. The molecule has 0 heterocycles. The maximum absolute atomic E-state index is 13.8. The first-order valence-corrected chi connectivity index (χ1v) is 8.73. The van der Waals surface area contributed by atoms with E-state index < -0.39 is 0 Å². The fraction of sp³-hybridized carbons (Fsp3) is 0.667. The molecule has 3 heteroatoms. The highest BCUT2D eigenvalue weighted by atomic mass is 35.5. The van der Waals surface area contributed by atoms with Gasteiger partial charge in [0.1, 0.15) is 5.82 Å². The van der Waals surface area contributed by atoms with Gasteiger partial charge >= 0.3 is 0 Å². The summed E-state index contributed by atoms with van der Waals surface area (Å²) in [6.45, 7) is 5.43. The lowest BCUT2D eigenvalue weighted by Gasteiger charge is -2.37. The standard InChI is InChI=1S/C18H27ClFN/c1-3-11-21-18(14-9-10-16(19)17(20)12-14)15-8-6-5-7-13(15)4-2/h9-10,12-13,15,18,21H,3-8,11H2,1-2H3. The normalized spacial score (nSPS) is 24.0. The van der Waals surface area contributed by atoms with E-state index in [9.17, 15) is 4.39 Å². The molecule has 0 spiro atoms. The number of benzene rings is 1. The van der Waals surface area contributed by atoms with E-state index in [4.69, 9.17) is 11.6 Å². The van der Waals surface area contributed by atoms with Gasteiger partial charge in [0.15, 0.2) is 0 Å². The molecule has 0 amide bonds. The van der Waals surface area contributed by atoms with E-state index >= 15 is 0 Å². The summed E-state index contributed by atoms with van der Waals surface area (Å²) < 4.78 is 13.8. The molecular weight excluding hydrogens is 285 g/mol. The van der Waals surface area contributed by atoms with E-state index in [1.807, 2.05) is 6.07 Å². The molecule has 3 atom stereocenters. The minimum absolute atomic E-state index is 0.212.